The van der Waals surface area contributed by atoms with E-state index in [4.69, 9.17) is 0 Å². The second-order valence-corrected chi connectivity index (χ2v) is 5.07. The number of carbonyl (C=O) groups is 2. The lowest BCUT2D eigenvalue weighted by Crippen LogP contribution is -2.40. The fourth-order valence-electron chi connectivity index (χ4n) is 2.10. The number of halogens is 3. The van der Waals surface area contributed by atoms with Gasteiger partial charge < -0.3 is 10.2 Å². The van der Waals surface area contributed by atoms with Gasteiger partial charge in [-0.3, -0.25) is 9.59 Å². The first-order valence-electron chi connectivity index (χ1n) is 7.11. The Morgan fingerprint density at radius 3 is 2.38 bits per heavy atom. The second kappa shape index (κ2) is 7.63. The fourth-order valence-corrected chi connectivity index (χ4v) is 2.10. The van der Waals surface area contributed by atoms with Crippen molar-refractivity contribution >= 4 is 17.5 Å². The number of anilines is 1. The van der Waals surface area contributed by atoms with Crippen molar-refractivity contribution < 1.29 is 22.8 Å². The monoisotopic (exact) mass is 336 g/mol. The van der Waals surface area contributed by atoms with Crippen LogP contribution in [0.4, 0.5) is 18.9 Å². The molecule has 0 atom stereocenters. The van der Waals surface area contributed by atoms with Gasteiger partial charge in [-0.15, -0.1) is 0 Å². The lowest BCUT2D eigenvalue weighted by atomic mass is 10.2. The second-order valence-electron chi connectivity index (χ2n) is 5.07. The molecule has 7 heteroatoms. The largest absolute Gasteiger partial charge is 0.350 e. The third-order valence-corrected chi connectivity index (χ3v) is 3.32. The van der Waals surface area contributed by atoms with E-state index in [-0.39, 0.29) is 17.8 Å². The first kappa shape index (κ1) is 17.5. The molecule has 0 saturated carbocycles. The molecular weight excluding hydrogens is 321 g/mol. The Kier molecular flexibility index (Phi) is 5.57. The predicted octanol–water partition coefficient (Wildman–Crippen LogP) is 2.77. The molecule has 2 amide bonds. The third-order valence-electron chi connectivity index (χ3n) is 3.32. The molecule has 2 rings (SSSR count). The van der Waals surface area contributed by atoms with Crippen LogP contribution in [-0.4, -0.2) is 18.4 Å². The van der Waals surface area contributed by atoms with Crippen molar-refractivity contribution in [1.29, 1.82) is 0 Å². The van der Waals surface area contributed by atoms with Crippen LogP contribution in [0.2, 0.25) is 0 Å². The van der Waals surface area contributed by atoms with Crippen molar-refractivity contribution in [3.63, 3.8) is 0 Å². The zero-order valence-electron chi connectivity index (χ0n) is 12.9. The number of hydrogen-bond donors (Lipinski definition) is 1. The summed E-state index contributed by atoms with van der Waals surface area (Å²) < 4.78 is 40.2. The highest BCUT2D eigenvalue weighted by Crippen LogP contribution is 2.20. The Hall–Kier alpha value is -2.83. The van der Waals surface area contributed by atoms with Gasteiger partial charge in [-0.25, -0.2) is 13.2 Å². The summed E-state index contributed by atoms with van der Waals surface area (Å²) in [5.74, 6) is -3.39. The van der Waals surface area contributed by atoms with Gasteiger partial charge >= 0.3 is 0 Å². The third kappa shape index (κ3) is 4.34. The zero-order chi connectivity index (χ0) is 17.7. The number of hydrogen-bond acceptors (Lipinski definition) is 2. The molecule has 0 bridgehead atoms. The van der Waals surface area contributed by atoms with Crippen LogP contribution in [0.15, 0.2) is 42.5 Å². The van der Waals surface area contributed by atoms with E-state index in [2.05, 4.69) is 5.32 Å². The van der Waals surface area contributed by atoms with E-state index in [1.54, 1.807) is 6.07 Å². The Bertz CT molecular complexity index is 765. The van der Waals surface area contributed by atoms with Gasteiger partial charge in [-0.2, -0.15) is 0 Å². The average Bonchev–Trinajstić information content (AvgIpc) is 2.52. The molecule has 0 fully saturated rings. The molecule has 1 N–H and O–H groups in total. The molecule has 0 radical (unpaired) electrons. The maximum Gasteiger partial charge on any atom is 0.240 e. The van der Waals surface area contributed by atoms with Gasteiger partial charge in [0.25, 0.3) is 0 Å². The molecule has 2 aromatic carbocycles. The molecule has 0 aromatic heterocycles. The molecule has 126 valence electrons. The Morgan fingerprint density at radius 2 is 1.75 bits per heavy atom. The first-order chi connectivity index (χ1) is 11.4. The summed E-state index contributed by atoms with van der Waals surface area (Å²) in [7, 11) is 0. The van der Waals surface area contributed by atoms with E-state index in [1.807, 2.05) is 0 Å². The Labute approximate surface area is 136 Å². The predicted molar refractivity (Wildman–Crippen MR) is 82.6 cm³/mol. The summed E-state index contributed by atoms with van der Waals surface area (Å²) in [6.07, 6.45) is 0. The highest BCUT2D eigenvalue weighted by atomic mass is 19.1. The van der Waals surface area contributed by atoms with Crippen LogP contribution in [0.5, 0.6) is 0 Å². The number of benzene rings is 2. The van der Waals surface area contributed by atoms with Crippen LogP contribution < -0.4 is 10.2 Å². The first-order valence-corrected chi connectivity index (χ1v) is 7.11. The summed E-state index contributed by atoms with van der Waals surface area (Å²) >= 11 is 0. The normalized spacial score (nSPS) is 10.3. The number of nitrogens with one attached hydrogen (secondary N) is 1. The Balaban J connectivity index is 2.06. The van der Waals surface area contributed by atoms with E-state index in [1.165, 1.54) is 18.2 Å². The molecule has 0 aliphatic rings. The van der Waals surface area contributed by atoms with Gasteiger partial charge in [0.05, 0.1) is 5.69 Å². The minimum atomic E-state index is -0.952. The lowest BCUT2D eigenvalue weighted by Gasteiger charge is -2.21. The van der Waals surface area contributed by atoms with Crippen LogP contribution in [0.3, 0.4) is 0 Å². The quantitative estimate of drug-likeness (QED) is 0.913. The summed E-state index contributed by atoms with van der Waals surface area (Å²) in [5, 5.41) is 2.46. The summed E-state index contributed by atoms with van der Waals surface area (Å²) in [6.45, 7) is 0.627. The van der Waals surface area contributed by atoms with Crippen molar-refractivity contribution in [2.24, 2.45) is 0 Å². The van der Waals surface area contributed by atoms with Gasteiger partial charge in [0.2, 0.25) is 11.8 Å². The standard InChI is InChI=1S/C17H15F3N2O2/c1-11(23)22(16-7-6-13(18)8-15(16)20)10-17(24)21-9-12-4-2-3-5-14(12)19/h2-8H,9-10H2,1H3,(H,21,24). The fraction of sp³-hybridized carbons (Fsp3) is 0.176. The maximum atomic E-state index is 13.8. The molecule has 0 aliphatic carbocycles. The average molecular weight is 336 g/mol. The van der Waals surface area contributed by atoms with Crippen LogP contribution in [0.1, 0.15) is 12.5 Å². The molecule has 24 heavy (non-hydrogen) atoms. The van der Waals surface area contributed by atoms with Crippen molar-refractivity contribution in [3.05, 3.63) is 65.5 Å². The highest BCUT2D eigenvalue weighted by Gasteiger charge is 2.19. The van der Waals surface area contributed by atoms with Gasteiger partial charge in [-0.05, 0) is 18.2 Å². The SMILES string of the molecule is CC(=O)N(CC(=O)NCc1ccccc1F)c1ccc(F)cc1F. The summed E-state index contributed by atoms with van der Waals surface area (Å²) in [5.41, 5.74) is 0.0816. The zero-order valence-corrected chi connectivity index (χ0v) is 12.9. The van der Waals surface area contributed by atoms with Gasteiger partial charge in [0.15, 0.2) is 0 Å². The van der Waals surface area contributed by atoms with Gasteiger partial charge in [0.1, 0.15) is 24.0 Å². The van der Waals surface area contributed by atoms with Crippen LogP contribution in [-0.2, 0) is 16.1 Å². The van der Waals surface area contributed by atoms with Crippen molar-refractivity contribution in [1.82, 2.24) is 5.32 Å². The lowest BCUT2D eigenvalue weighted by molar-refractivity contribution is -0.123. The number of rotatable bonds is 5. The maximum absolute atomic E-state index is 13.8. The van der Waals surface area contributed by atoms with Crippen molar-refractivity contribution in [2.45, 2.75) is 13.5 Å². The minimum absolute atomic E-state index is 0.0663. The topological polar surface area (TPSA) is 49.4 Å². The number of carbonyl (C=O) groups excluding carboxylic acids is 2. The van der Waals surface area contributed by atoms with E-state index in [9.17, 15) is 22.8 Å². The smallest absolute Gasteiger partial charge is 0.240 e. The number of nitrogens with zero attached hydrogens (tertiary/aromatic N) is 1. The molecular formula is C17H15F3N2O2. The molecule has 0 heterocycles. The van der Waals surface area contributed by atoms with E-state index < -0.39 is 35.8 Å². The molecule has 4 nitrogen and oxygen atoms in total. The molecule has 0 saturated heterocycles. The van der Waals surface area contributed by atoms with Crippen LogP contribution in [0, 0.1) is 17.5 Å². The molecule has 0 spiro atoms. The van der Waals surface area contributed by atoms with Gasteiger partial charge in [-0.1, -0.05) is 18.2 Å². The molecule has 0 unspecified atom stereocenters. The highest BCUT2D eigenvalue weighted by molar-refractivity contribution is 5.97. The summed E-state index contributed by atoms with van der Waals surface area (Å²) in [4.78, 5) is 24.5. The van der Waals surface area contributed by atoms with Crippen LogP contribution >= 0.6 is 0 Å². The van der Waals surface area contributed by atoms with Crippen molar-refractivity contribution in [3.8, 4) is 0 Å². The van der Waals surface area contributed by atoms with E-state index in [0.29, 0.717) is 6.07 Å². The van der Waals surface area contributed by atoms with E-state index >= 15 is 0 Å². The Morgan fingerprint density at radius 1 is 1.04 bits per heavy atom. The van der Waals surface area contributed by atoms with E-state index in [0.717, 1.165) is 24.0 Å². The minimum Gasteiger partial charge on any atom is -0.350 e. The number of amides is 2. The summed E-state index contributed by atoms with van der Waals surface area (Å²) in [6, 6.07) is 8.62. The molecule has 0 aliphatic heterocycles. The van der Waals surface area contributed by atoms with Crippen LogP contribution in [0.25, 0.3) is 0 Å². The van der Waals surface area contributed by atoms with Crippen molar-refractivity contribution in [2.75, 3.05) is 11.4 Å². The van der Waals surface area contributed by atoms with Gasteiger partial charge in [0, 0.05) is 25.1 Å². The molecule has 2 aromatic rings.